The Hall–Kier alpha value is -4.09. The second-order valence-electron chi connectivity index (χ2n) is 8.34. The van der Waals surface area contributed by atoms with Crippen LogP contribution in [0.2, 0.25) is 0 Å². The Kier molecular flexibility index (Phi) is 5.79. The molecule has 1 atom stereocenters. The molecule has 0 amide bonds. The summed E-state index contributed by atoms with van der Waals surface area (Å²) in [5.74, 6) is 0.975. The highest BCUT2D eigenvalue weighted by atomic mass is 16.5. The first-order valence-corrected chi connectivity index (χ1v) is 11.3. The van der Waals surface area contributed by atoms with E-state index in [9.17, 15) is 5.26 Å². The van der Waals surface area contributed by atoms with E-state index in [1.54, 1.807) is 7.11 Å². The number of rotatable bonds is 6. The standard InChI is InChI=1S/C31H25NO/c1-33-24-18-15-22(16-19-24)17-20-25(23-9-3-2-4-10-23)31-29-14-8-7-12-27(29)26-11-5-6-13-28(26)30(31)21-32/h2-16,18-19,25H,17,20H2,1H3. The summed E-state index contributed by atoms with van der Waals surface area (Å²) in [6.45, 7) is 0. The molecule has 5 aromatic carbocycles. The Bertz CT molecular complexity index is 1450. The number of methoxy groups -OCH3 is 1. The van der Waals surface area contributed by atoms with Crippen molar-refractivity contribution in [2.24, 2.45) is 0 Å². The van der Waals surface area contributed by atoms with Gasteiger partial charge in [-0.2, -0.15) is 5.26 Å². The summed E-state index contributed by atoms with van der Waals surface area (Å²) in [5, 5.41) is 14.9. The lowest BCUT2D eigenvalue weighted by atomic mass is 9.79. The third kappa shape index (κ3) is 3.95. The van der Waals surface area contributed by atoms with Gasteiger partial charge >= 0.3 is 0 Å². The van der Waals surface area contributed by atoms with E-state index in [2.05, 4.69) is 78.9 Å². The smallest absolute Gasteiger partial charge is 0.118 e. The molecule has 0 bridgehead atoms. The molecule has 0 aromatic heterocycles. The van der Waals surface area contributed by atoms with Crippen LogP contribution < -0.4 is 4.74 Å². The summed E-state index contributed by atoms with van der Waals surface area (Å²) in [7, 11) is 1.69. The predicted molar refractivity (Wildman–Crippen MR) is 136 cm³/mol. The molecule has 0 aliphatic carbocycles. The fraction of sp³-hybridized carbons (Fsp3) is 0.129. The van der Waals surface area contributed by atoms with Crippen molar-refractivity contribution in [3.8, 4) is 11.8 Å². The van der Waals surface area contributed by atoms with Crippen LogP contribution in [0.3, 0.4) is 0 Å². The lowest BCUT2D eigenvalue weighted by Gasteiger charge is -2.23. The van der Waals surface area contributed by atoms with Gasteiger partial charge in [0.1, 0.15) is 11.8 Å². The van der Waals surface area contributed by atoms with Gasteiger partial charge in [-0.1, -0.05) is 91.0 Å². The van der Waals surface area contributed by atoms with Gasteiger partial charge < -0.3 is 4.74 Å². The first-order valence-electron chi connectivity index (χ1n) is 11.3. The topological polar surface area (TPSA) is 33.0 Å². The van der Waals surface area contributed by atoms with E-state index in [1.165, 1.54) is 16.5 Å². The van der Waals surface area contributed by atoms with Crippen molar-refractivity contribution in [1.82, 2.24) is 0 Å². The van der Waals surface area contributed by atoms with Crippen LogP contribution in [-0.2, 0) is 6.42 Å². The van der Waals surface area contributed by atoms with Gasteiger partial charge in [-0.15, -0.1) is 0 Å². The molecule has 0 fully saturated rings. The molecular weight excluding hydrogens is 402 g/mol. The molecule has 0 N–H and O–H groups in total. The van der Waals surface area contributed by atoms with E-state index in [1.807, 2.05) is 30.3 Å². The Balaban J connectivity index is 1.70. The molecule has 0 saturated carbocycles. The SMILES string of the molecule is COc1ccc(CCC(c2ccccc2)c2c(C#N)c3ccccc3c3ccccc23)cc1. The summed E-state index contributed by atoms with van der Waals surface area (Å²) >= 11 is 0. The quantitative estimate of drug-likeness (QED) is 0.261. The molecule has 0 spiro atoms. The van der Waals surface area contributed by atoms with Crippen molar-refractivity contribution >= 4 is 21.5 Å². The lowest BCUT2D eigenvalue weighted by molar-refractivity contribution is 0.414. The Labute approximate surface area is 194 Å². The number of ether oxygens (including phenoxy) is 1. The van der Waals surface area contributed by atoms with Crippen LogP contribution in [0.5, 0.6) is 5.75 Å². The first kappa shape index (κ1) is 20.8. The number of aryl methyl sites for hydroxylation is 1. The highest BCUT2D eigenvalue weighted by Gasteiger charge is 2.23. The molecule has 160 valence electrons. The van der Waals surface area contributed by atoms with Gasteiger partial charge in [0.05, 0.1) is 12.7 Å². The van der Waals surface area contributed by atoms with Gasteiger partial charge in [-0.25, -0.2) is 0 Å². The van der Waals surface area contributed by atoms with Crippen LogP contribution in [0.25, 0.3) is 21.5 Å². The molecule has 5 rings (SSSR count). The van der Waals surface area contributed by atoms with E-state index in [0.29, 0.717) is 0 Å². The van der Waals surface area contributed by atoms with Gasteiger partial charge in [-0.05, 0) is 57.8 Å². The number of benzene rings is 5. The summed E-state index contributed by atoms with van der Waals surface area (Å²) in [6, 6.07) is 38.2. The third-order valence-electron chi connectivity index (χ3n) is 6.52. The predicted octanol–water partition coefficient (Wildman–Crippen LogP) is 7.64. The van der Waals surface area contributed by atoms with E-state index >= 15 is 0 Å². The highest BCUT2D eigenvalue weighted by Crippen LogP contribution is 2.41. The van der Waals surface area contributed by atoms with Crippen LogP contribution in [-0.4, -0.2) is 7.11 Å². The van der Waals surface area contributed by atoms with E-state index in [4.69, 9.17) is 4.74 Å². The molecule has 5 aromatic rings. The fourth-order valence-corrected chi connectivity index (χ4v) is 4.92. The van der Waals surface area contributed by atoms with Crippen molar-refractivity contribution in [3.05, 3.63) is 125 Å². The molecule has 0 aliphatic heterocycles. The maximum Gasteiger partial charge on any atom is 0.118 e. The molecule has 33 heavy (non-hydrogen) atoms. The van der Waals surface area contributed by atoms with Crippen LogP contribution in [0, 0.1) is 11.3 Å². The second kappa shape index (κ2) is 9.18. The summed E-state index contributed by atoms with van der Waals surface area (Å²) in [6.07, 6.45) is 1.82. The van der Waals surface area contributed by atoms with Crippen LogP contribution >= 0.6 is 0 Å². The number of nitriles is 1. The Morgan fingerprint density at radius 3 is 1.91 bits per heavy atom. The van der Waals surface area contributed by atoms with Gasteiger partial charge in [0.25, 0.3) is 0 Å². The summed E-state index contributed by atoms with van der Waals surface area (Å²) < 4.78 is 5.32. The zero-order valence-corrected chi connectivity index (χ0v) is 18.7. The van der Waals surface area contributed by atoms with E-state index < -0.39 is 0 Å². The van der Waals surface area contributed by atoms with Crippen molar-refractivity contribution in [2.75, 3.05) is 7.11 Å². The van der Waals surface area contributed by atoms with Crippen molar-refractivity contribution < 1.29 is 4.74 Å². The van der Waals surface area contributed by atoms with Crippen molar-refractivity contribution in [2.45, 2.75) is 18.8 Å². The van der Waals surface area contributed by atoms with E-state index in [-0.39, 0.29) is 5.92 Å². The monoisotopic (exact) mass is 427 g/mol. The van der Waals surface area contributed by atoms with Crippen molar-refractivity contribution in [3.63, 3.8) is 0 Å². The largest absolute Gasteiger partial charge is 0.497 e. The molecule has 0 aliphatic rings. The van der Waals surface area contributed by atoms with Gasteiger partial charge in [0.2, 0.25) is 0 Å². The maximum atomic E-state index is 10.4. The normalized spacial score (nSPS) is 11.9. The van der Waals surface area contributed by atoms with Crippen molar-refractivity contribution in [1.29, 1.82) is 5.26 Å². The number of hydrogen-bond donors (Lipinski definition) is 0. The van der Waals surface area contributed by atoms with Gasteiger partial charge in [-0.3, -0.25) is 0 Å². The van der Waals surface area contributed by atoms with E-state index in [0.717, 1.165) is 45.9 Å². The molecule has 0 saturated heterocycles. The zero-order valence-electron chi connectivity index (χ0n) is 18.7. The molecule has 2 heteroatoms. The zero-order chi connectivity index (χ0) is 22.6. The average Bonchev–Trinajstić information content (AvgIpc) is 2.89. The minimum atomic E-state index is 0.109. The fourth-order valence-electron chi connectivity index (χ4n) is 4.92. The van der Waals surface area contributed by atoms with Crippen LogP contribution in [0.1, 0.15) is 34.6 Å². The number of hydrogen-bond acceptors (Lipinski definition) is 2. The average molecular weight is 428 g/mol. The summed E-state index contributed by atoms with van der Waals surface area (Å²) in [4.78, 5) is 0. The summed E-state index contributed by atoms with van der Waals surface area (Å²) in [5.41, 5.74) is 4.42. The van der Waals surface area contributed by atoms with Crippen LogP contribution in [0.15, 0.2) is 103 Å². The molecule has 1 unspecified atom stereocenters. The number of nitrogens with zero attached hydrogens (tertiary/aromatic N) is 1. The minimum absolute atomic E-state index is 0.109. The highest BCUT2D eigenvalue weighted by molar-refractivity contribution is 6.12. The number of fused-ring (bicyclic) bond motifs is 3. The van der Waals surface area contributed by atoms with Gasteiger partial charge in [0, 0.05) is 11.3 Å². The Morgan fingerprint density at radius 1 is 0.697 bits per heavy atom. The molecule has 2 nitrogen and oxygen atoms in total. The minimum Gasteiger partial charge on any atom is -0.497 e. The first-order chi connectivity index (χ1) is 16.3. The molecule has 0 radical (unpaired) electrons. The van der Waals surface area contributed by atoms with Crippen LogP contribution in [0.4, 0.5) is 0 Å². The Morgan fingerprint density at radius 2 is 1.27 bits per heavy atom. The molecule has 0 heterocycles. The third-order valence-corrected chi connectivity index (χ3v) is 6.52. The maximum absolute atomic E-state index is 10.4. The second-order valence-corrected chi connectivity index (χ2v) is 8.34. The molecular formula is C31H25NO. The lowest BCUT2D eigenvalue weighted by Crippen LogP contribution is -2.07. The van der Waals surface area contributed by atoms with Gasteiger partial charge in [0.15, 0.2) is 0 Å².